The zero-order valence-corrected chi connectivity index (χ0v) is 9.62. The maximum Gasteiger partial charge on any atom is 0.265 e. The van der Waals surface area contributed by atoms with Crippen LogP contribution in [-0.2, 0) is 24.5 Å². The van der Waals surface area contributed by atoms with E-state index in [2.05, 4.69) is 10.6 Å². The second-order valence-electron chi connectivity index (χ2n) is 3.06. The first kappa shape index (κ1) is 15.3. The van der Waals surface area contributed by atoms with Gasteiger partial charge in [-0.3, -0.25) is 18.9 Å². The van der Waals surface area contributed by atoms with Crippen molar-refractivity contribution in [2.75, 3.05) is 18.8 Å². The summed E-state index contributed by atoms with van der Waals surface area (Å²) in [4.78, 5) is 32.2. The normalized spacial score (nSPS) is 10.6. The van der Waals surface area contributed by atoms with Gasteiger partial charge in [-0.2, -0.15) is 8.42 Å². The summed E-state index contributed by atoms with van der Waals surface area (Å²) in [6.45, 7) is -0.753. The highest BCUT2D eigenvalue weighted by atomic mass is 32.2. The van der Waals surface area contributed by atoms with Crippen LogP contribution in [0.15, 0.2) is 0 Å². The molecule has 3 amide bonds. The minimum absolute atomic E-state index is 0.347. The Hall–Kier alpha value is -1.68. The molecule has 0 heterocycles. The van der Waals surface area contributed by atoms with E-state index in [-0.39, 0.29) is 6.54 Å². The number of hydrogen-bond acceptors (Lipinski definition) is 5. The SMILES string of the molecule is NC(=O)CNC(=O)CNC(=O)CCS(=O)(=O)O. The third-order valence-corrected chi connectivity index (χ3v) is 2.21. The van der Waals surface area contributed by atoms with E-state index >= 15 is 0 Å². The Morgan fingerprint density at radius 2 is 1.59 bits per heavy atom. The molecule has 98 valence electrons. The standard InChI is InChI=1S/C7H13N3O6S/c8-5(11)3-9-7(13)4-10-6(12)1-2-17(14,15)16/h1-4H2,(H2,8,11)(H,9,13)(H,10,12)(H,14,15,16). The predicted molar refractivity (Wildman–Crippen MR) is 56.2 cm³/mol. The molecule has 0 spiro atoms. The highest BCUT2D eigenvalue weighted by molar-refractivity contribution is 7.85. The van der Waals surface area contributed by atoms with Crippen molar-refractivity contribution in [1.29, 1.82) is 0 Å². The third-order valence-electron chi connectivity index (χ3n) is 1.49. The monoisotopic (exact) mass is 267 g/mol. The van der Waals surface area contributed by atoms with Crippen LogP contribution < -0.4 is 16.4 Å². The average molecular weight is 267 g/mol. The van der Waals surface area contributed by atoms with Crippen molar-refractivity contribution in [2.45, 2.75) is 6.42 Å². The Balaban J connectivity index is 3.77. The molecule has 0 saturated heterocycles. The van der Waals surface area contributed by atoms with Crippen molar-refractivity contribution in [1.82, 2.24) is 10.6 Å². The van der Waals surface area contributed by atoms with Crippen LogP contribution in [0.3, 0.4) is 0 Å². The second-order valence-corrected chi connectivity index (χ2v) is 4.63. The fourth-order valence-corrected chi connectivity index (χ4v) is 1.18. The summed E-state index contributed by atoms with van der Waals surface area (Å²) in [6.07, 6.45) is -0.456. The molecule has 17 heavy (non-hydrogen) atoms. The predicted octanol–water partition coefficient (Wildman–Crippen LogP) is -3.02. The van der Waals surface area contributed by atoms with Crippen molar-refractivity contribution in [3.8, 4) is 0 Å². The van der Waals surface area contributed by atoms with Gasteiger partial charge < -0.3 is 16.4 Å². The zero-order chi connectivity index (χ0) is 13.5. The zero-order valence-electron chi connectivity index (χ0n) is 8.80. The van der Waals surface area contributed by atoms with Crippen LogP contribution in [0.4, 0.5) is 0 Å². The maximum absolute atomic E-state index is 11.0. The van der Waals surface area contributed by atoms with Gasteiger partial charge in [0.15, 0.2) is 0 Å². The van der Waals surface area contributed by atoms with Crippen LogP contribution in [0.1, 0.15) is 6.42 Å². The van der Waals surface area contributed by atoms with Gasteiger partial charge in [0.2, 0.25) is 17.7 Å². The van der Waals surface area contributed by atoms with E-state index in [0.29, 0.717) is 0 Å². The summed E-state index contributed by atoms with van der Waals surface area (Å²) in [5.74, 6) is -2.79. The molecule has 0 aliphatic rings. The molecule has 0 aliphatic heterocycles. The topological polar surface area (TPSA) is 156 Å². The van der Waals surface area contributed by atoms with Crippen LogP contribution in [0.2, 0.25) is 0 Å². The number of rotatable bonds is 7. The Bertz CT molecular complexity index is 404. The van der Waals surface area contributed by atoms with E-state index in [4.69, 9.17) is 10.3 Å². The van der Waals surface area contributed by atoms with Crippen LogP contribution >= 0.6 is 0 Å². The molecule has 0 fully saturated rings. The molecule has 0 aromatic heterocycles. The number of carbonyl (C=O) groups is 3. The lowest BCUT2D eigenvalue weighted by Crippen LogP contribution is -2.40. The average Bonchev–Trinajstić information content (AvgIpc) is 2.19. The Morgan fingerprint density at radius 1 is 1.06 bits per heavy atom. The van der Waals surface area contributed by atoms with Crippen LogP contribution in [0.5, 0.6) is 0 Å². The minimum atomic E-state index is -4.20. The number of amides is 3. The number of nitrogens with two attached hydrogens (primary N) is 1. The van der Waals surface area contributed by atoms with Crippen molar-refractivity contribution < 1.29 is 27.4 Å². The molecular formula is C7H13N3O6S. The highest BCUT2D eigenvalue weighted by Crippen LogP contribution is 1.87. The summed E-state index contributed by atoms with van der Waals surface area (Å²) in [5.41, 5.74) is 4.76. The van der Waals surface area contributed by atoms with E-state index in [1.54, 1.807) is 0 Å². The van der Waals surface area contributed by atoms with E-state index in [0.717, 1.165) is 0 Å². The third kappa shape index (κ3) is 10.6. The van der Waals surface area contributed by atoms with Gasteiger partial charge in [-0.15, -0.1) is 0 Å². The van der Waals surface area contributed by atoms with Crippen molar-refractivity contribution in [2.24, 2.45) is 5.73 Å². The molecule has 5 N–H and O–H groups in total. The molecule has 0 rings (SSSR count). The smallest absolute Gasteiger partial charge is 0.265 e. The Morgan fingerprint density at radius 3 is 2.06 bits per heavy atom. The Kier molecular flexibility index (Phi) is 6.13. The Labute approximate surface area is 97.5 Å². The molecular weight excluding hydrogens is 254 g/mol. The molecule has 0 aromatic carbocycles. The van der Waals surface area contributed by atoms with Crippen molar-refractivity contribution in [3.63, 3.8) is 0 Å². The molecule has 0 atom stereocenters. The molecule has 0 saturated carbocycles. The lowest BCUT2D eigenvalue weighted by molar-refractivity contribution is -0.127. The van der Waals surface area contributed by atoms with E-state index in [1.165, 1.54) is 0 Å². The van der Waals surface area contributed by atoms with Crippen LogP contribution in [-0.4, -0.2) is 49.5 Å². The lowest BCUT2D eigenvalue weighted by atomic mass is 10.4. The first-order valence-electron chi connectivity index (χ1n) is 4.47. The summed E-state index contributed by atoms with van der Waals surface area (Å²) < 4.78 is 28.9. The first-order valence-corrected chi connectivity index (χ1v) is 6.08. The number of hydrogen-bond donors (Lipinski definition) is 4. The molecule has 0 aromatic rings. The van der Waals surface area contributed by atoms with Crippen LogP contribution in [0, 0.1) is 0 Å². The van der Waals surface area contributed by atoms with E-state index in [9.17, 15) is 22.8 Å². The first-order chi connectivity index (χ1) is 7.70. The van der Waals surface area contributed by atoms with Gasteiger partial charge >= 0.3 is 0 Å². The van der Waals surface area contributed by atoms with Gasteiger partial charge in [0.1, 0.15) is 0 Å². The molecule has 0 bridgehead atoms. The fraction of sp³-hybridized carbons (Fsp3) is 0.571. The van der Waals surface area contributed by atoms with Crippen molar-refractivity contribution in [3.05, 3.63) is 0 Å². The second kappa shape index (κ2) is 6.81. The van der Waals surface area contributed by atoms with E-state index < -0.39 is 46.6 Å². The van der Waals surface area contributed by atoms with Gasteiger partial charge in [0, 0.05) is 6.42 Å². The van der Waals surface area contributed by atoms with Gasteiger partial charge in [-0.05, 0) is 0 Å². The lowest BCUT2D eigenvalue weighted by Gasteiger charge is -2.04. The number of carbonyl (C=O) groups excluding carboxylic acids is 3. The summed E-state index contributed by atoms with van der Waals surface area (Å²) >= 11 is 0. The largest absolute Gasteiger partial charge is 0.368 e. The molecule has 0 aliphatic carbocycles. The van der Waals surface area contributed by atoms with Crippen LogP contribution in [0.25, 0.3) is 0 Å². The summed E-state index contributed by atoms with van der Waals surface area (Å²) in [7, 11) is -4.20. The van der Waals surface area contributed by atoms with Gasteiger partial charge in [-0.25, -0.2) is 0 Å². The van der Waals surface area contributed by atoms with E-state index in [1.807, 2.05) is 0 Å². The number of nitrogens with one attached hydrogen (secondary N) is 2. The van der Waals surface area contributed by atoms with Gasteiger partial charge in [-0.1, -0.05) is 0 Å². The van der Waals surface area contributed by atoms with Gasteiger partial charge in [0.05, 0.1) is 18.8 Å². The molecule has 0 radical (unpaired) electrons. The summed E-state index contributed by atoms with van der Waals surface area (Å²) in [5, 5.41) is 4.21. The molecule has 9 nitrogen and oxygen atoms in total. The number of primary amides is 1. The van der Waals surface area contributed by atoms with Crippen molar-refractivity contribution >= 4 is 27.8 Å². The maximum atomic E-state index is 11.0. The molecule has 0 unspecified atom stereocenters. The highest BCUT2D eigenvalue weighted by Gasteiger charge is 2.10. The van der Waals surface area contributed by atoms with Gasteiger partial charge in [0.25, 0.3) is 10.1 Å². The summed E-state index contributed by atoms with van der Waals surface area (Å²) in [6, 6.07) is 0. The fourth-order valence-electron chi connectivity index (χ4n) is 0.737. The molecule has 10 heteroatoms. The minimum Gasteiger partial charge on any atom is -0.368 e. The quantitative estimate of drug-likeness (QED) is 0.360.